The van der Waals surface area contributed by atoms with Crippen molar-refractivity contribution < 1.29 is 14.2 Å². The van der Waals surface area contributed by atoms with Crippen molar-refractivity contribution in [2.75, 3.05) is 27.4 Å². The lowest BCUT2D eigenvalue weighted by Gasteiger charge is -2.03. The van der Waals surface area contributed by atoms with Crippen molar-refractivity contribution in [1.29, 1.82) is 0 Å². The Hall–Kier alpha value is -0.593. The molecule has 0 amide bonds. The molecule has 0 aliphatic rings. The van der Waals surface area contributed by atoms with Gasteiger partial charge in [-0.05, 0) is 31.2 Å². The first-order chi connectivity index (χ1) is 7.14. The maximum Gasteiger partial charge on any atom is 0.154 e. The maximum absolute atomic E-state index is 7.37. The van der Waals surface area contributed by atoms with E-state index in [0.717, 1.165) is 13.2 Å². The van der Waals surface area contributed by atoms with Crippen LogP contribution in [0.5, 0.6) is 0 Å². The third kappa shape index (κ3) is 42.5. The number of azide groups is 1. The van der Waals surface area contributed by atoms with E-state index < -0.39 is 0 Å². The smallest absolute Gasteiger partial charge is 0.154 e. The van der Waals surface area contributed by atoms with Gasteiger partial charge >= 0.3 is 0 Å². The van der Waals surface area contributed by atoms with Crippen molar-refractivity contribution in [3.05, 3.63) is 10.4 Å². The standard InChI is InChI=1S/C4H10O2.C4H10O.H3N3Si/c1-4(5-2)6-3;1-3-5-4-2;1-2-3-4/h4H,1-3H3;3-4H2,1-2H3;4H3. The zero-order valence-electron chi connectivity index (χ0n) is 10.6. The first-order valence-electron chi connectivity index (χ1n) is 4.70. The fourth-order valence-electron chi connectivity index (χ4n) is 0.300. The van der Waals surface area contributed by atoms with E-state index in [1.807, 2.05) is 20.8 Å². The molecule has 0 spiro atoms. The molecule has 0 aromatic heterocycles. The van der Waals surface area contributed by atoms with Gasteiger partial charge in [0.25, 0.3) is 0 Å². The molecule has 0 aliphatic carbocycles. The van der Waals surface area contributed by atoms with Crippen LogP contribution < -0.4 is 0 Å². The second kappa shape index (κ2) is 23.3. The normalized spacial score (nSPS) is 8.13. The molecular formula is C8H23N3O3Si. The minimum Gasteiger partial charge on any atom is -0.382 e. The Bertz CT molecular complexity index is 137. The lowest BCUT2D eigenvalue weighted by Crippen LogP contribution is -2.05. The Morgan fingerprint density at radius 1 is 1.27 bits per heavy atom. The summed E-state index contributed by atoms with van der Waals surface area (Å²) in [4.78, 5) is 2.42. The lowest BCUT2D eigenvalue weighted by molar-refractivity contribution is -0.0877. The Morgan fingerprint density at radius 3 is 1.60 bits per heavy atom. The lowest BCUT2D eigenvalue weighted by atomic mass is 10.8. The summed E-state index contributed by atoms with van der Waals surface area (Å²) in [5.74, 6) is 0. The molecule has 0 radical (unpaired) electrons. The minimum atomic E-state index is -0.0648. The molecule has 15 heavy (non-hydrogen) atoms. The molecule has 0 atom stereocenters. The molecule has 0 rings (SSSR count). The average Bonchev–Trinajstić information content (AvgIpc) is 2.30. The Labute approximate surface area is 95.0 Å². The van der Waals surface area contributed by atoms with Gasteiger partial charge in [0.1, 0.15) is 10.4 Å². The molecule has 0 saturated heterocycles. The van der Waals surface area contributed by atoms with Gasteiger partial charge in [0.05, 0.1) is 0 Å². The summed E-state index contributed by atoms with van der Waals surface area (Å²) >= 11 is 0. The van der Waals surface area contributed by atoms with Gasteiger partial charge in [0, 0.05) is 27.4 Å². The second-order valence-corrected chi connectivity index (χ2v) is 2.51. The molecular weight excluding hydrogens is 214 g/mol. The molecule has 0 aliphatic heterocycles. The summed E-state index contributed by atoms with van der Waals surface area (Å²) in [6, 6.07) is 0. The van der Waals surface area contributed by atoms with E-state index in [0.29, 0.717) is 10.4 Å². The third-order valence-electron chi connectivity index (χ3n) is 1.16. The van der Waals surface area contributed by atoms with Gasteiger partial charge in [0.2, 0.25) is 0 Å². The fraction of sp³-hybridized carbons (Fsp3) is 1.00. The van der Waals surface area contributed by atoms with Crippen molar-refractivity contribution in [2.24, 2.45) is 4.78 Å². The van der Waals surface area contributed by atoms with Crippen LogP contribution in [0.15, 0.2) is 4.78 Å². The number of hydrogen-bond donors (Lipinski definition) is 0. The molecule has 0 aromatic rings. The van der Waals surface area contributed by atoms with Crippen molar-refractivity contribution in [2.45, 2.75) is 27.1 Å². The van der Waals surface area contributed by atoms with Crippen LogP contribution in [-0.2, 0) is 14.2 Å². The van der Waals surface area contributed by atoms with Gasteiger partial charge in [-0.2, -0.15) is 0 Å². The summed E-state index contributed by atoms with van der Waals surface area (Å²) in [6.07, 6.45) is -0.0648. The summed E-state index contributed by atoms with van der Waals surface area (Å²) in [6.45, 7) is 7.50. The molecule has 92 valence electrons. The van der Waals surface area contributed by atoms with Crippen molar-refractivity contribution in [1.82, 2.24) is 0 Å². The van der Waals surface area contributed by atoms with Crippen LogP contribution in [0.3, 0.4) is 0 Å². The maximum atomic E-state index is 7.37. The number of nitrogens with zero attached hydrogens (tertiary/aromatic N) is 3. The number of ether oxygens (including phenoxy) is 3. The quantitative estimate of drug-likeness (QED) is 0.243. The predicted octanol–water partition coefficient (Wildman–Crippen LogP) is 1.25. The van der Waals surface area contributed by atoms with Gasteiger partial charge in [0.15, 0.2) is 6.29 Å². The van der Waals surface area contributed by atoms with E-state index in [-0.39, 0.29) is 6.29 Å². The second-order valence-electron chi connectivity index (χ2n) is 2.11. The monoisotopic (exact) mass is 237 g/mol. The molecule has 0 fully saturated rings. The van der Waals surface area contributed by atoms with Crippen LogP contribution in [0, 0.1) is 0 Å². The minimum absolute atomic E-state index is 0.0648. The first-order valence-corrected chi connectivity index (χ1v) is 5.60. The van der Waals surface area contributed by atoms with Crippen LogP contribution in [-0.4, -0.2) is 44.1 Å². The summed E-state index contributed by atoms with van der Waals surface area (Å²) in [5.41, 5.74) is 7.37. The largest absolute Gasteiger partial charge is 0.382 e. The Balaban J connectivity index is -0.000000147. The molecule has 0 N–H and O–H groups in total. The zero-order chi connectivity index (χ0) is 12.5. The Morgan fingerprint density at radius 2 is 1.60 bits per heavy atom. The van der Waals surface area contributed by atoms with Crippen LogP contribution in [0.25, 0.3) is 10.4 Å². The van der Waals surface area contributed by atoms with Crippen molar-refractivity contribution in [3.8, 4) is 0 Å². The summed E-state index contributed by atoms with van der Waals surface area (Å²) < 4.78 is 17.2. The van der Waals surface area contributed by atoms with Crippen LogP contribution in [0.1, 0.15) is 20.8 Å². The molecule has 0 aromatic carbocycles. The van der Waals surface area contributed by atoms with Gasteiger partial charge in [-0.1, -0.05) is 0 Å². The Kier molecular flexibility index (Phi) is 30.9. The average molecular weight is 237 g/mol. The predicted molar refractivity (Wildman–Crippen MR) is 64.7 cm³/mol. The topological polar surface area (TPSA) is 76.5 Å². The van der Waals surface area contributed by atoms with Crippen LogP contribution >= 0.6 is 0 Å². The zero-order valence-corrected chi connectivity index (χ0v) is 12.6. The van der Waals surface area contributed by atoms with E-state index in [9.17, 15) is 0 Å². The van der Waals surface area contributed by atoms with E-state index in [4.69, 9.17) is 10.3 Å². The molecule has 7 heteroatoms. The SMILES string of the molecule is CCOCC.COC(C)OC.[N-]=[N+]=N[SiH3]. The van der Waals surface area contributed by atoms with E-state index in [1.165, 1.54) is 0 Å². The molecule has 0 saturated carbocycles. The van der Waals surface area contributed by atoms with E-state index in [2.05, 4.69) is 19.2 Å². The summed E-state index contributed by atoms with van der Waals surface area (Å²) in [7, 11) is 3.81. The highest BCUT2D eigenvalue weighted by molar-refractivity contribution is 6.05. The third-order valence-corrected chi connectivity index (χ3v) is 1.34. The highest BCUT2D eigenvalue weighted by Crippen LogP contribution is 1.82. The van der Waals surface area contributed by atoms with Crippen molar-refractivity contribution >= 4 is 10.4 Å². The van der Waals surface area contributed by atoms with Gasteiger partial charge in [-0.25, -0.2) is 0 Å². The summed E-state index contributed by atoms with van der Waals surface area (Å²) in [5, 5.41) is 0. The van der Waals surface area contributed by atoms with Crippen molar-refractivity contribution in [3.63, 3.8) is 0 Å². The number of hydrogen-bond acceptors (Lipinski definition) is 4. The van der Waals surface area contributed by atoms with E-state index >= 15 is 0 Å². The highest BCUT2D eigenvalue weighted by atomic mass is 28.2. The number of rotatable bonds is 4. The fourth-order valence-corrected chi connectivity index (χ4v) is 0.300. The van der Waals surface area contributed by atoms with Crippen LogP contribution in [0.2, 0.25) is 0 Å². The highest BCUT2D eigenvalue weighted by Gasteiger charge is 1.87. The van der Waals surface area contributed by atoms with Crippen LogP contribution in [0.4, 0.5) is 0 Å². The molecule has 0 bridgehead atoms. The molecule has 6 nitrogen and oxygen atoms in total. The molecule has 0 unspecified atom stereocenters. The van der Waals surface area contributed by atoms with Gasteiger partial charge in [-0.15, -0.1) is 4.78 Å². The first kappa shape index (κ1) is 19.9. The van der Waals surface area contributed by atoms with Gasteiger partial charge < -0.3 is 14.2 Å². The van der Waals surface area contributed by atoms with E-state index in [1.54, 1.807) is 14.2 Å². The molecule has 0 heterocycles. The van der Waals surface area contributed by atoms with Gasteiger partial charge in [-0.3, -0.25) is 0 Å². The number of methoxy groups -OCH3 is 2.